The van der Waals surface area contributed by atoms with Crippen LogP contribution in [-0.4, -0.2) is 37.5 Å². The number of rotatable bonds is 4. The van der Waals surface area contributed by atoms with E-state index in [0.29, 0.717) is 6.42 Å². The van der Waals surface area contributed by atoms with Crippen LogP contribution in [0.25, 0.3) is 11.0 Å². The summed E-state index contributed by atoms with van der Waals surface area (Å²) < 4.78 is 0. The van der Waals surface area contributed by atoms with E-state index in [2.05, 4.69) is 41.2 Å². The molecule has 0 saturated carbocycles. The van der Waals surface area contributed by atoms with Crippen LogP contribution in [0.5, 0.6) is 0 Å². The maximum Gasteiger partial charge on any atom is 0.223 e. The lowest BCUT2D eigenvalue weighted by molar-refractivity contribution is -0.135. The third kappa shape index (κ3) is 3.43. The number of carbonyl (C=O) groups is 1. The van der Waals surface area contributed by atoms with Crippen molar-refractivity contribution in [2.24, 2.45) is 0 Å². The number of aromatic nitrogens is 4. The molecule has 1 aromatic carbocycles. The number of H-pyrrole nitrogens is 2. The van der Waals surface area contributed by atoms with Crippen LogP contribution in [0.15, 0.2) is 12.1 Å². The minimum atomic E-state index is 0.0424. The van der Waals surface area contributed by atoms with Crippen molar-refractivity contribution in [3.8, 4) is 0 Å². The van der Waals surface area contributed by atoms with Gasteiger partial charge < -0.3 is 9.88 Å². The number of likely N-dealkylation sites (tertiary alicyclic amines) is 1. The van der Waals surface area contributed by atoms with Gasteiger partial charge in [-0.25, -0.2) is 4.98 Å². The molecule has 3 heterocycles. The first-order valence-electron chi connectivity index (χ1n) is 10.2. The molecule has 0 spiro atoms. The Balaban J connectivity index is 1.55. The maximum absolute atomic E-state index is 13.1. The lowest BCUT2D eigenvalue weighted by Crippen LogP contribution is -2.39. The van der Waals surface area contributed by atoms with Crippen LogP contribution >= 0.6 is 0 Å². The first kappa shape index (κ1) is 18.7. The van der Waals surface area contributed by atoms with E-state index < -0.39 is 0 Å². The Bertz CT molecular complexity index is 957. The summed E-state index contributed by atoms with van der Waals surface area (Å²) in [6, 6.07) is 4.32. The van der Waals surface area contributed by atoms with Crippen molar-refractivity contribution in [2.45, 2.75) is 65.8 Å². The molecule has 0 unspecified atom stereocenters. The topological polar surface area (TPSA) is 77.7 Å². The SMILES string of the molecule is Cc1cc2nc([C@@H]3CCCCN3C(=O)CCc3c(C)n[nH]c3C)[nH]c2cc1C. The number of piperidine rings is 1. The molecule has 3 aromatic rings. The van der Waals surface area contributed by atoms with Crippen molar-refractivity contribution in [1.29, 1.82) is 0 Å². The zero-order valence-electron chi connectivity index (χ0n) is 17.2. The van der Waals surface area contributed by atoms with E-state index in [1.54, 1.807) is 0 Å². The third-order valence-electron chi connectivity index (χ3n) is 6.12. The molecule has 0 radical (unpaired) electrons. The first-order chi connectivity index (χ1) is 13.4. The van der Waals surface area contributed by atoms with Crippen LogP contribution < -0.4 is 0 Å². The molecule has 1 fully saturated rings. The zero-order valence-corrected chi connectivity index (χ0v) is 17.2. The summed E-state index contributed by atoms with van der Waals surface area (Å²) in [6.07, 6.45) is 4.39. The summed E-state index contributed by atoms with van der Waals surface area (Å²) in [7, 11) is 0. The number of hydrogen-bond acceptors (Lipinski definition) is 3. The Kier molecular flexibility index (Phi) is 4.96. The molecule has 6 heteroatoms. The van der Waals surface area contributed by atoms with Crippen molar-refractivity contribution in [3.63, 3.8) is 0 Å². The minimum Gasteiger partial charge on any atom is -0.340 e. The number of amides is 1. The van der Waals surface area contributed by atoms with Gasteiger partial charge in [0.1, 0.15) is 5.82 Å². The summed E-state index contributed by atoms with van der Waals surface area (Å²) in [5, 5.41) is 7.25. The van der Waals surface area contributed by atoms with Gasteiger partial charge in [-0.15, -0.1) is 0 Å². The normalized spacial score (nSPS) is 17.4. The molecule has 1 saturated heterocycles. The van der Waals surface area contributed by atoms with E-state index in [1.165, 1.54) is 11.1 Å². The van der Waals surface area contributed by atoms with Gasteiger partial charge in [0.25, 0.3) is 0 Å². The largest absolute Gasteiger partial charge is 0.340 e. The Morgan fingerprint density at radius 1 is 1.18 bits per heavy atom. The van der Waals surface area contributed by atoms with Gasteiger partial charge in [-0.3, -0.25) is 9.89 Å². The van der Waals surface area contributed by atoms with Crippen LogP contribution in [0.1, 0.15) is 65.6 Å². The Hall–Kier alpha value is -2.63. The van der Waals surface area contributed by atoms with Gasteiger partial charge in [0.2, 0.25) is 5.91 Å². The average Bonchev–Trinajstić information content (AvgIpc) is 3.23. The highest BCUT2D eigenvalue weighted by Crippen LogP contribution is 2.32. The van der Waals surface area contributed by atoms with Gasteiger partial charge in [-0.1, -0.05) is 0 Å². The number of fused-ring (bicyclic) bond motifs is 1. The first-order valence-corrected chi connectivity index (χ1v) is 10.2. The maximum atomic E-state index is 13.1. The molecule has 2 N–H and O–H groups in total. The van der Waals surface area contributed by atoms with E-state index in [9.17, 15) is 4.79 Å². The number of aromatic amines is 2. The van der Waals surface area contributed by atoms with Crippen LogP contribution in [0.2, 0.25) is 0 Å². The molecular formula is C22H29N5O. The van der Waals surface area contributed by atoms with Gasteiger partial charge in [0.05, 0.1) is 22.8 Å². The lowest BCUT2D eigenvalue weighted by Gasteiger charge is -2.34. The second kappa shape index (κ2) is 7.41. The summed E-state index contributed by atoms with van der Waals surface area (Å²) >= 11 is 0. The number of carbonyl (C=O) groups excluding carboxylic acids is 1. The molecule has 148 valence electrons. The van der Waals surface area contributed by atoms with Gasteiger partial charge in [-0.05, 0) is 82.2 Å². The fourth-order valence-corrected chi connectivity index (χ4v) is 4.28. The quantitative estimate of drug-likeness (QED) is 0.713. The van der Waals surface area contributed by atoms with Crippen molar-refractivity contribution in [3.05, 3.63) is 46.0 Å². The van der Waals surface area contributed by atoms with Gasteiger partial charge >= 0.3 is 0 Å². The molecule has 4 rings (SSSR count). The monoisotopic (exact) mass is 379 g/mol. The predicted octanol–water partition coefficient (Wildman–Crippen LogP) is 4.21. The average molecular weight is 380 g/mol. The molecule has 0 aliphatic carbocycles. The number of nitrogens with one attached hydrogen (secondary N) is 2. The van der Waals surface area contributed by atoms with Gasteiger partial charge in [-0.2, -0.15) is 5.10 Å². The molecule has 1 amide bonds. The highest BCUT2D eigenvalue weighted by molar-refractivity contribution is 5.79. The van der Waals surface area contributed by atoms with Crippen molar-refractivity contribution < 1.29 is 4.79 Å². The Morgan fingerprint density at radius 2 is 1.96 bits per heavy atom. The fraction of sp³-hybridized carbons (Fsp3) is 0.500. The van der Waals surface area contributed by atoms with Crippen molar-refractivity contribution in [2.75, 3.05) is 6.54 Å². The standard InChI is InChI=1S/C22H29N5O/c1-13-11-18-19(12-14(13)2)24-22(23-18)20-7-5-6-10-27(20)21(28)9-8-17-15(3)25-26-16(17)4/h11-12,20H,5-10H2,1-4H3,(H,23,24)(H,25,26)/t20-/m0/s1. The zero-order chi connectivity index (χ0) is 19.8. The van der Waals surface area contributed by atoms with Crippen LogP contribution in [0.4, 0.5) is 0 Å². The van der Waals surface area contributed by atoms with Gasteiger partial charge in [0, 0.05) is 18.7 Å². The van der Waals surface area contributed by atoms with E-state index in [0.717, 1.165) is 66.0 Å². The highest BCUT2D eigenvalue weighted by Gasteiger charge is 2.30. The number of hydrogen-bond donors (Lipinski definition) is 2. The lowest BCUT2D eigenvalue weighted by atomic mass is 10.00. The van der Waals surface area contributed by atoms with Crippen LogP contribution in [0.3, 0.4) is 0 Å². The number of imidazole rings is 1. The second-order valence-corrected chi connectivity index (χ2v) is 8.09. The van der Waals surface area contributed by atoms with Crippen molar-refractivity contribution in [1.82, 2.24) is 25.1 Å². The minimum absolute atomic E-state index is 0.0424. The summed E-state index contributed by atoms with van der Waals surface area (Å²) in [6.45, 7) is 9.04. The highest BCUT2D eigenvalue weighted by atomic mass is 16.2. The predicted molar refractivity (Wildman–Crippen MR) is 110 cm³/mol. The molecule has 1 atom stereocenters. The number of nitrogens with zero attached hydrogens (tertiary/aromatic N) is 3. The molecule has 6 nitrogen and oxygen atoms in total. The summed E-state index contributed by atoms with van der Waals surface area (Å²) in [4.78, 5) is 23.4. The Labute approximate surface area is 165 Å². The van der Waals surface area contributed by atoms with Crippen LogP contribution in [0, 0.1) is 27.7 Å². The summed E-state index contributed by atoms with van der Waals surface area (Å²) in [5.74, 6) is 1.13. The van der Waals surface area contributed by atoms with E-state index in [-0.39, 0.29) is 11.9 Å². The van der Waals surface area contributed by atoms with Crippen LogP contribution in [-0.2, 0) is 11.2 Å². The molecular weight excluding hydrogens is 350 g/mol. The molecule has 28 heavy (non-hydrogen) atoms. The van der Waals surface area contributed by atoms with Crippen molar-refractivity contribution >= 4 is 16.9 Å². The molecule has 0 bridgehead atoms. The third-order valence-corrected chi connectivity index (χ3v) is 6.12. The fourth-order valence-electron chi connectivity index (χ4n) is 4.28. The van der Waals surface area contributed by atoms with E-state index >= 15 is 0 Å². The second-order valence-electron chi connectivity index (χ2n) is 8.09. The molecule has 1 aliphatic rings. The Morgan fingerprint density at radius 3 is 2.71 bits per heavy atom. The van der Waals surface area contributed by atoms with E-state index in [4.69, 9.17) is 4.98 Å². The number of aryl methyl sites for hydroxylation is 4. The van der Waals surface area contributed by atoms with E-state index in [1.807, 2.05) is 18.7 Å². The summed E-state index contributed by atoms with van der Waals surface area (Å²) in [5.41, 5.74) is 7.75. The van der Waals surface area contributed by atoms with Gasteiger partial charge in [0.15, 0.2) is 0 Å². The molecule has 2 aromatic heterocycles. The number of benzene rings is 1. The smallest absolute Gasteiger partial charge is 0.223 e. The molecule has 1 aliphatic heterocycles.